The lowest BCUT2D eigenvalue weighted by atomic mass is 10.1. The van der Waals surface area contributed by atoms with E-state index in [-0.39, 0.29) is 11.9 Å². The van der Waals surface area contributed by atoms with Crippen LogP contribution in [0.15, 0.2) is 24.3 Å². The molecule has 2 aromatic rings. The number of ether oxygens (including phenoxy) is 1. The number of urea groups is 1. The molecule has 0 bridgehead atoms. The number of carbonyl (C=O) groups excluding carboxylic acids is 2. The molecule has 2 fully saturated rings. The number of hydrogen-bond donors (Lipinski definition) is 3. The van der Waals surface area contributed by atoms with E-state index in [0.717, 1.165) is 63.1 Å². The summed E-state index contributed by atoms with van der Waals surface area (Å²) in [6, 6.07) is 7.52. The van der Waals surface area contributed by atoms with E-state index < -0.39 is 0 Å². The van der Waals surface area contributed by atoms with Crippen LogP contribution < -0.4 is 20.7 Å². The Kier molecular flexibility index (Phi) is 8.36. The van der Waals surface area contributed by atoms with Crippen molar-refractivity contribution in [3.63, 3.8) is 0 Å². The molecule has 34 heavy (non-hydrogen) atoms. The third-order valence-corrected chi connectivity index (χ3v) is 6.97. The molecule has 4 rings (SSSR count). The van der Waals surface area contributed by atoms with Gasteiger partial charge in [-0.15, -0.1) is 0 Å². The number of amides is 3. The zero-order valence-corrected chi connectivity index (χ0v) is 20.7. The summed E-state index contributed by atoms with van der Waals surface area (Å²) in [5, 5.41) is 9.46. The van der Waals surface area contributed by atoms with E-state index in [4.69, 9.17) is 4.74 Å². The first kappa shape index (κ1) is 24.4. The molecular weight excluding hydrogens is 452 g/mol. The molecule has 1 saturated carbocycles. The first-order valence-corrected chi connectivity index (χ1v) is 12.7. The van der Waals surface area contributed by atoms with Crippen LogP contribution >= 0.6 is 11.5 Å². The molecule has 1 aliphatic carbocycles. The van der Waals surface area contributed by atoms with Crippen LogP contribution in [0.25, 0.3) is 0 Å². The maximum Gasteiger partial charge on any atom is 0.319 e. The molecule has 0 atom stereocenters. The highest BCUT2D eigenvalue weighted by Gasteiger charge is 2.24. The number of nitrogens with one attached hydrogen (secondary N) is 3. The molecule has 3 amide bonds. The van der Waals surface area contributed by atoms with Crippen LogP contribution in [0.5, 0.6) is 5.88 Å². The van der Waals surface area contributed by atoms with Crippen molar-refractivity contribution >= 4 is 28.5 Å². The second-order valence-corrected chi connectivity index (χ2v) is 9.83. The van der Waals surface area contributed by atoms with Gasteiger partial charge in [0.2, 0.25) is 5.88 Å². The molecule has 2 aliphatic rings. The van der Waals surface area contributed by atoms with Crippen molar-refractivity contribution in [3.8, 4) is 5.88 Å². The van der Waals surface area contributed by atoms with Gasteiger partial charge in [0.1, 0.15) is 11.6 Å². The smallest absolute Gasteiger partial charge is 0.319 e. The lowest BCUT2D eigenvalue weighted by Gasteiger charge is -2.32. The highest BCUT2D eigenvalue weighted by atomic mass is 32.1. The second-order valence-electron chi connectivity index (χ2n) is 9.06. The van der Waals surface area contributed by atoms with Gasteiger partial charge in [-0.1, -0.05) is 12.1 Å². The minimum Gasteiger partial charge on any atom is -0.472 e. The Morgan fingerprint density at radius 3 is 2.76 bits per heavy atom. The molecule has 184 valence electrons. The van der Waals surface area contributed by atoms with E-state index >= 15 is 0 Å². The van der Waals surface area contributed by atoms with Crippen LogP contribution in [0.4, 0.5) is 9.80 Å². The average molecular weight is 487 g/mol. The molecule has 1 aliphatic heterocycles. The Hall–Kier alpha value is -2.69. The van der Waals surface area contributed by atoms with E-state index in [9.17, 15) is 9.59 Å². The minimum absolute atomic E-state index is 0.0461. The second kappa shape index (κ2) is 11.6. The summed E-state index contributed by atoms with van der Waals surface area (Å²) in [6.45, 7) is 8.18. The molecule has 0 unspecified atom stereocenters. The summed E-state index contributed by atoms with van der Waals surface area (Å²) in [5.74, 6) is 0.443. The maximum atomic E-state index is 12.3. The standard InChI is InChI=1S/C24H34N6O3S/c1-17-22(33-16-18-5-3-6-19(15-18)21(31)26-20-7-8-20)28-34-23(17)27-24(32)25-9-4-10-30-13-11-29(2)12-14-30/h3,5-6,15,20H,4,7-14,16H2,1-2H3,(H,26,31)(H2,25,27,32). The summed E-state index contributed by atoms with van der Waals surface area (Å²) in [7, 11) is 2.15. The van der Waals surface area contributed by atoms with Gasteiger partial charge in [-0.3, -0.25) is 10.1 Å². The van der Waals surface area contributed by atoms with Crippen molar-refractivity contribution in [2.75, 3.05) is 51.6 Å². The number of aromatic nitrogens is 1. The predicted molar refractivity (Wildman–Crippen MR) is 134 cm³/mol. The van der Waals surface area contributed by atoms with Crippen molar-refractivity contribution in [1.29, 1.82) is 0 Å². The highest BCUT2D eigenvalue weighted by Crippen LogP contribution is 2.30. The molecule has 2 heterocycles. The van der Waals surface area contributed by atoms with E-state index in [1.165, 1.54) is 11.5 Å². The van der Waals surface area contributed by atoms with Crippen molar-refractivity contribution in [1.82, 2.24) is 24.8 Å². The maximum absolute atomic E-state index is 12.3. The number of hydrogen-bond acceptors (Lipinski definition) is 7. The Morgan fingerprint density at radius 1 is 1.21 bits per heavy atom. The van der Waals surface area contributed by atoms with E-state index in [0.29, 0.717) is 35.6 Å². The minimum atomic E-state index is -0.231. The quantitative estimate of drug-likeness (QED) is 0.447. The lowest BCUT2D eigenvalue weighted by molar-refractivity contribution is 0.0951. The number of nitrogens with zero attached hydrogens (tertiary/aromatic N) is 3. The molecule has 1 aromatic heterocycles. The van der Waals surface area contributed by atoms with Crippen LogP contribution in [-0.4, -0.2) is 78.5 Å². The Labute approximate surface area is 205 Å². The number of likely N-dealkylation sites (N-methyl/N-ethyl adjacent to an activating group) is 1. The molecule has 1 saturated heterocycles. The highest BCUT2D eigenvalue weighted by molar-refractivity contribution is 7.10. The molecule has 9 nitrogen and oxygen atoms in total. The zero-order chi connectivity index (χ0) is 23.9. The Balaban J connectivity index is 1.19. The lowest BCUT2D eigenvalue weighted by Crippen LogP contribution is -2.45. The average Bonchev–Trinajstić information content (AvgIpc) is 3.59. The van der Waals surface area contributed by atoms with Gasteiger partial charge >= 0.3 is 6.03 Å². The first-order valence-electron chi connectivity index (χ1n) is 11.9. The van der Waals surface area contributed by atoms with Crippen molar-refractivity contribution in [2.24, 2.45) is 0 Å². The first-order chi connectivity index (χ1) is 16.5. The molecule has 1 aromatic carbocycles. The third-order valence-electron chi connectivity index (χ3n) is 6.12. The SMILES string of the molecule is Cc1c(OCc2cccc(C(=O)NC3CC3)c2)nsc1NC(=O)NCCCN1CCN(C)CC1. The Bertz CT molecular complexity index is 985. The van der Waals surface area contributed by atoms with Gasteiger partial charge in [0.25, 0.3) is 5.91 Å². The summed E-state index contributed by atoms with van der Waals surface area (Å²) in [4.78, 5) is 29.3. The van der Waals surface area contributed by atoms with Gasteiger partial charge in [-0.05, 0) is 69.0 Å². The summed E-state index contributed by atoms with van der Waals surface area (Å²) >= 11 is 1.20. The monoisotopic (exact) mass is 486 g/mol. The fraction of sp³-hybridized carbons (Fsp3) is 0.542. The van der Waals surface area contributed by atoms with Gasteiger partial charge < -0.3 is 25.2 Å². The van der Waals surface area contributed by atoms with Crippen molar-refractivity contribution < 1.29 is 14.3 Å². The predicted octanol–water partition coefficient (Wildman–Crippen LogP) is 2.68. The normalized spacial score (nSPS) is 16.8. The summed E-state index contributed by atoms with van der Waals surface area (Å²) in [6.07, 6.45) is 3.04. The fourth-order valence-electron chi connectivity index (χ4n) is 3.75. The van der Waals surface area contributed by atoms with Crippen LogP contribution in [0, 0.1) is 6.92 Å². The van der Waals surface area contributed by atoms with Crippen LogP contribution in [0.3, 0.4) is 0 Å². The van der Waals surface area contributed by atoms with E-state index in [1.54, 1.807) is 6.07 Å². The number of piperazine rings is 1. The molecule has 0 spiro atoms. The van der Waals surface area contributed by atoms with Crippen LogP contribution in [-0.2, 0) is 6.61 Å². The molecule has 10 heteroatoms. The number of benzene rings is 1. The number of anilines is 1. The summed E-state index contributed by atoms with van der Waals surface area (Å²) < 4.78 is 10.2. The molecular formula is C24H34N6O3S. The van der Waals surface area contributed by atoms with E-state index in [1.807, 2.05) is 25.1 Å². The molecule has 3 N–H and O–H groups in total. The van der Waals surface area contributed by atoms with Crippen molar-refractivity contribution in [3.05, 3.63) is 41.0 Å². The van der Waals surface area contributed by atoms with Crippen LogP contribution in [0.1, 0.15) is 40.7 Å². The van der Waals surface area contributed by atoms with Crippen LogP contribution in [0.2, 0.25) is 0 Å². The van der Waals surface area contributed by atoms with Crippen molar-refractivity contribution in [2.45, 2.75) is 38.8 Å². The van der Waals surface area contributed by atoms with Gasteiger partial charge in [-0.25, -0.2) is 4.79 Å². The largest absolute Gasteiger partial charge is 0.472 e. The topological polar surface area (TPSA) is 98.8 Å². The zero-order valence-electron chi connectivity index (χ0n) is 19.9. The Morgan fingerprint density at radius 2 is 2.00 bits per heavy atom. The van der Waals surface area contributed by atoms with Gasteiger partial charge in [0.05, 0.1) is 0 Å². The van der Waals surface area contributed by atoms with Gasteiger partial charge in [0.15, 0.2) is 0 Å². The third kappa shape index (κ3) is 7.15. The summed E-state index contributed by atoms with van der Waals surface area (Å²) in [5.41, 5.74) is 2.32. The fourth-order valence-corrected chi connectivity index (χ4v) is 4.47. The number of carbonyl (C=O) groups is 2. The van der Waals surface area contributed by atoms with Gasteiger partial charge in [0, 0.05) is 49.9 Å². The molecule has 0 radical (unpaired) electrons. The number of rotatable bonds is 10. The van der Waals surface area contributed by atoms with E-state index in [2.05, 4.69) is 37.2 Å². The van der Waals surface area contributed by atoms with Gasteiger partial charge in [-0.2, -0.15) is 4.37 Å².